The Morgan fingerprint density at radius 3 is 1.61 bits per heavy atom. The van der Waals surface area contributed by atoms with Gasteiger partial charge in [-0.15, -0.1) is 0 Å². The van der Waals surface area contributed by atoms with Gasteiger partial charge in [-0.1, -0.05) is 120 Å². The van der Waals surface area contributed by atoms with Crippen LogP contribution < -0.4 is 0 Å². The Morgan fingerprint density at radius 1 is 0.455 bits per heavy atom. The van der Waals surface area contributed by atoms with Crippen molar-refractivity contribution >= 4 is 54.1 Å². The maximum atomic E-state index is 2.51. The molecule has 1 heterocycles. The van der Waals surface area contributed by atoms with E-state index >= 15 is 0 Å². The molecule has 1 aliphatic rings. The van der Waals surface area contributed by atoms with Crippen LogP contribution in [-0.2, 0) is 10.8 Å². The monoisotopic (exact) mass is 565 g/mol. The fraction of sp³-hybridized carbons (Fsp3) is 0.163. The molecule has 0 spiro atoms. The van der Waals surface area contributed by atoms with Gasteiger partial charge in [0.25, 0.3) is 0 Å². The van der Waals surface area contributed by atoms with E-state index < -0.39 is 0 Å². The van der Waals surface area contributed by atoms with Crippen molar-refractivity contribution in [1.29, 1.82) is 0 Å². The summed E-state index contributed by atoms with van der Waals surface area (Å²) in [6.45, 7) is 11.6. The van der Waals surface area contributed by atoms with Crippen LogP contribution in [0.5, 0.6) is 0 Å². The van der Waals surface area contributed by atoms with Gasteiger partial charge in [0.15, 0.2) is 0 Å². The van der Waals surface area contributed by atoms with E-state index in [-0.39, 0.29) is 10.8 Å². The Balaban J connectivity index is 1.47. The van der Waals surface area contributed by atoms with Crippen LogP contribution in [0.25, 0.3) is 70.9 Å². The molecule has 0 saturated carbocycles. The first-order valence-electron chi connectivity index (χ1n) is 15.8. The van der Waals surface area contributed by atoms with Gasteiger partial charge in [-0.05, 0) is 102 Å². The van der Waals surface area contributed by atoms with Crippen LogP contribution in [0.15, 0.2) is 121 Å². The van der Waals surface area contributed by atoms with E-state index in [2.05, 4.69) is 161 Å². The molecule has 44 heavy (non-hydrogen) atoms. The summed E-state index contributed by atoms with van der Waals surface area (Å²) in [5.74, 6) is 0. The number of rotatable bonds is 1. The lowest BCUT2D eigenvalue weighted by molar-refractivity contribution is 0.590. The molecule has 1 heteroatoms. The van der Waals surface area contributed by atoms with Gasteiger partial charge in [0.05, 0.1) is 11.0 Å². The molecule has 0 N–H and O–H groups in total. The molecule has 0 radical (unpaired) electrons. The summed E-state index contributed by atoms with van der Waals surface area (Å²) in [5.41, 5.74) is 10.7. The van der Waals surface area contributed by atoms with Gasteiger partial charge in [0.2, 0.25) is 0 Å². The minimum atomic E-state index is -0.0609. The molecule has 212 valence electrons. The predicted octanol–water partition coefficient (Wildman–Crippen LogP) is 11.8. The van der Waals surface area contributed by atoms with Gasteiger partial charge in [0.1, 0.15) is 0 Å². The van der Waals surface area contributed by atoms with E-state index in [0.717, 1.165) is 0 Å². The Labute approximate surface area is 258 Å². The summed E-state index contributed by atoms with van der Waals surface area (Å²) < 4.78 is 2.51. The van der Waals surface area contributed by atoms with Gasteiger partial charge in [-0.3, -0.25) is 0 Å². The molecule has 1 aromatic heterocycles. The number of nitrogens with zero attached hydrogens (tertiary/aromatic N) is 1. The van der Waals surface area contributed by atoms with E-state index in [1.54, 1.807) is 0 Å². The number of hydrogen-bond acceptors (Lipinski definition) is 0. The Bertz CT molecular complexity index is 2480. The third-order valence-corrected chi connectivity index (χ3v) is 10.3. The van der Waals surface area contributed by atoms with Crippen molar-refractivity contribution in [2.24, 2.45) is 0 Å². The molecule has 0 aliphatic heterocycles. The summed E-state index contributed by atoms with van der Waals surface area (Å²) in [5, 5.41) is 10.5. The van der Waals surface area contributed by atoms with Crippen LogP contribution in [0.4, 0.5) is 0 Å². The second kappa shape index (κ2) is 8.61. The van der Waals surface area contributed by atoms with Gasteiger partial charge in [0, 0.05) is 21.9 Å². The largest absolute Gasteiger partial charge is 0.309 e. The van der Waals surface area contributed by atoms with E-state index in [0.29, 0.717) is 0 Å². The van der Waals surface area contributed by atoms with Crippen LogP contribution in [-0.4, -0.2) is 4.57 Å². The fourth-order valence-corrected chi connectivity index (χ4v) is 8.00. The molecular formula is C43H35N. The maximum Gasteiger partial charge on any atom is 0.0547 e. The minimum absolute atomic E-state index is 0.0609. The average molecular weight is 566 g/mol. The number of hydrogen-bond donors (Lipinski definition) is 0. The standard InChI is InChI=1S/C43H35N/c1-42(2,3)26-18-20-27(21-19-26)44-40-24-34-31-15-9-7-13-29(31)28-12-6-8-14-30(28)33(34)22-36(40)37-23-35-32-16-10-11-17-38(32)43(4,5)39(35)25-41(37)44/h6-25H,1-5H3. The van der Waals surface area contributed by atoms with Crippen molar-refractivity contribution < 1.29 is 0 Å². The SMILES string of the molecule is CC(C)(C)c1ccc(-n2c3cc4c(cc3c3cc5c6ccccc6c6ccccc6c5cc32)-c2ccccc2C4(C)C)cc1. The Kier molecular flexibility index (Phi) is 5.01. The first-order valence-corrected chi connectivity index (χ1v) is 15.8. The maximum absolute atomic E-state index is 2.51. The lowest BCUT2D eigenvalue weighted by Gasteiger charge is -2.22. The molecule has 1 aliphatic carbocycles. The highest BCUT2D eigenvalue weighted by Crippen LogP contribution is 2.51. The molecule has 0 saturated heterocycles. The molecule has 0 fully saturated rings. The zero-order valence-corrected chi connectivity index (χ0v) is 26.0. The van der Waals surface area contributed by atoms with Crippen LogP contribution >= 0.6 is 0 Å². The van der Waals surface area contributed by atoms with E-state index in [9.17, 15) is 0 Å². The molecule has 9 rings (SSSR count). The van der Waals surface area contributed by atoms with Crippen molar-refractivity contribution in [3.8, 4) is 16.8 Å². The second-order valence-corrected chi connectivity index (χ2v) is 14.2. The van der Waals surface area contributed by atoms with Crippen molar-refractivity contribution in [2.75, 3.05) is 0 Å². The van der Waals surface area contributed by atoms with E-state index in [4.69, 9.17) is 0 Å². The highest BCUT2D eigenvalue weighted by atomic mass is 15.0. The van der Waals surface area contributed by atoms with Crippen molar-refractivity contribution in [2.45, 2.75) is 45.4 Å². The smallest absolute Gasteiger partial charge is 0.0547 e. The van der Waals surface area contributed by atoms with Crippen molar-refractivity contribution in [1.82, 2.24) is 4.57 Å². The Hall–Kier alpha value is -4.88. The molecule has 0 amide bonds. The second-order valence-electron chi connectivity index (χ2n) is 14.2. The van der Waals surface area contributed by atoms with Crippen LogP contribution in [0.2, 0.25) is 0 Å². The molecule has 8 aromatic rings. The highest BCUT2D eigenvalue weighted by Gasteiger charge is 2.36. The van der Waals surface area contributed by atoms with Gasteiger partial charge >= 0.3 is 0 Å². The highest BCUT2D eigenvalue weighted by molar-refractivity contribution is 6.29. The summed E-state index contributed by atoms with van der Waals surface area (Å²) in [6, 6.07) is 45.9. The molecule has 0 bridgehead atoms. The summed E-state index contributed by atoms with van der Waals surface area (Å²) in [7, 11) is 0. The summed E-state index contributed by atoms with van der Waals surface area (Å²) >= 11 is 0. The first-order chi connectivity index (χ1) is 21.2. The first kappa shape index (κ1) is 25.6. The molecule has 7 aromatic carbocycles. The van der Waals surface area contributed by atoms with E-state index in [1.165, 1.54) is 87.6 Å². The zero-order chi connectivity index (χ0) is 30.0. The lowest BCUT2D eigenvalue weighted by Crippen LogP contribution is -2.15. The molecule has 0 atom stereocenters. The zero-order valence-electron chi connectivity index (χ0n) is 26.0. The molecule has 0 unspecified atom stereocenters. The van der Waals surface area contributed by atoms with E-state index in [1.807, 2.05) is 0 Å². The van der Waals surface area contributed by atoms with Crippen LogP contribution in [0.3, 0.4) is 0 Å². The Morgan fingerprint density at radius 2 is 0.977 bits per heavy atom. The fourth-order valence-electron chi connectivity index (χ4n) is 8.00. The summed E-state index contributed by atoms with van der Waals surface area (Å²) in [4.78, 5) is 0. The average Bonchev–Trinajstić information content (AvgIpc) is 3.47. The minimum Gasteiger partial charge on any atom is -0.309 e. The van der Waals surface area contributed by atoms with Crippen LogP contribution in [0.1, 0.15) is 51.3 Å². The number of fused-ring (bicyclic) bond motifs is 12. The third kappa shape index (κ3) is 3.36. The molecular weight excluding hydrogens is 530 g/mol. The van der Waals surface area contributed by atoms with Crippen molar-refractivity contribution in [3.05, 3.63) is 138 Å². The number of benzene rings is 7. The normalized spacial score (nSPS) is 14.2. The topological polar surface area (TPSA) is 4.93 Å². The number of aromatic nitrogens is 1. The summed E-state index contributed by atoms with van der Waals surface area (Å²) in [6.07, 6.45) is 0. The predicted molar refractivity (Wildman–Crippen MR) is 190 cm³/mol. The van der Waals surface area contributed by atoms with Crippen molar-refractivity contribution in [3.63, 3.8) is 0 Å². The van der Waals surface area contributed by atoms with Gasteiger partial charge in [-0.2, -0.15) is 0 Å². The third-order valence-electron chi connectivity index (χ3n) is 10.3. The molecule has 1 nitrogen and oxygen atoms in total. The van der Waals surface area contributed by atoms with Crippen LogP contribution in [0, 0.1) is 0 Å². The van der Waals surface area contributed by atoms with Gasteiger partial charge < -0.3 is 4.57 Å². The van der Waals surface area contributed by atoms with Gasteiger partial charge in [-0.25, -0.2) is 0 Å². The lowest BCUT2D eigenvalue weighted by atomic mass is 9.82. The quantitative estimate of drug-likeness (QED) is 0.174.